The number of piperazine rings is 1. The van der Waals surface area contributed by atoms with Gasteiger partial charge in [-0.25, -0.2) is 4.98 Å². The first-order chi connectivity index (χ1) is 11.3. The number of aromatic nitrogens is 1. The van der Waals surface area contributed by atoms with Crippen molar-refractivity contribution >= 4 is 18.4 Å². The van der Waals surface area contributed by atoms with E-state index in [2.05, 4.69) is 42.5 Å². The Morgan fingerprint density at radius 3 is 2.21 bits per heavy atom. The maximum atomic E-state index is 9.02. The first-order valence-corrected chi connectivity index (χ1v) is 8.72. The van der Waals surface area contributed by atoms with Crippen LogP contribution in [0, 0.1) is 0 Å². The molecule has 0 spiro atoms. The molecule has 0 aromatic carbocycles. The van der Waals surface area contributed by atoms with E-state index in [4.69, 9.17) is 14.4 Å². The van der Waals surface area contributed by atoms with Crippen LogP contribution in [-0.2, 0) is 9.31 Å². The second-order valence-electron chi connectivity index (χ2n) is 7.59. The fourth-order valence-electron chi connectivity index (χ4n) is 3.05. The smallest absolute Gasteiger partial charge is 0.399 e. The van der Waals surface area contributed by atoms with Gasteiger partial charge in [0.15, 0.2) is 0 Å². The monoisotopic (exact) mass is 333 g/mol. The minimum atomic E-state index is -0.363. The Hall–Kier alpha value is -1.15. The summed E-state index contributed by atoms with van der Waals surface area (Å²) < 4.78 is 12.1. The van der Waals surface area contributed by atoms with E-state index in [1.54, 1.807) is 0 Å². The average Bonchev–Trinajstić information content (AvgIpc) is 2.77. The summed E-state index contributed by atoms with van der Waals surface area (Å²) in [5.41, 5.74) is 0.287. The van der Waals surface area contributed by atoms with Gasteiger partial charge in [-0.1, -0.05) is 6.07 Å². The van der Waals surface area contributed by atoms with Crippen molar-refractivity contribution in [1.82, 2.24) is 9.88 Å². The molecule has 0 amide bonds. The molecule has 1 aromatic heterocycles. The molecule has 3 heterocycles. The van der Waals surface area contributed by atoms with Crippen molar-refractivity contribution in [3.8, 4) is 0 Å². The number of pyridine rings is 1. The summed E-state index contributed by atoms with van der Waals surface area (Å²) in [6, 6.07) is 4.09. The molecule has 0 atom stereocenters. The van der Waals surface area contributed by atoms with Gasteiger partial charge in [-0.05, 0) is 33.8 Å². The number of hydrogen-bond donors (Lipinski definition) is 1. The highest BCUT2D eigenvalue weighted by atomic mass is 16.7. The first kappa shape index (κ1) is 17.7. The zero-order chi connectivity index (χ0) is 17.4. The molecule has 1 N–H and O–H groups in total. The van der Waals surface area contributed by atoms with E-state index in [-0.39, 0.29) is 24.9 Å². The van der Waals surface area contributed by atoms with E-state index in [1.165, 1.54) is 0 Å². The van der Waals surface area contributed by atoms with E-state index in [1.807, 2.05) is 18.3 Å². The van der Waals surface area contributed by atoms with Gasteiger partial charge in [0.1, 0.15) is 5.82 Å². The van der Waals surface area contributed by atoms with Gasteiger partial charge in [0, 0.05) is 44.4 Å². The molecule has 2 saturated heterocycles. The molecule has 2 aliphatic rings. The summed E-state index contributed by atoms with van der Waals surface area (Å²) in [5.74, 6) is 0.985. The minimum absolute atomic E-state index is 0.223. The van der Waals surface area contributed by atoms with Crippen molar-refractivity contribution in [1.29, 1.82) is 0 Å². The summed E-state index contributed by atoms with van der Waals surface area (Å²) in [6.45, 7) is 13.0. The third-order valence-corrected chi connectivity index (χ3v) is 5.41. The molecule has 2 fully saturated rings. The number of rotatable bonds is 4. The van der Waals surface area contributed by atoms with Crippen molar-refractivity contribution in [2.75, 3.05) is 44.2 Å². The quantitative estimate of drug-likeness (QED) is 0.810. The molecule has 132 valence electrons. The molecule has 0 saturated carbocycles. The molecule has 24 heavy (non-hydrogen) atoms. The van der Waals surface area contributed by atoms with Crippen LogP contribution in [0.25, 0.3) is 0 Å². The highest BCUT2D eigenvalue weighted by molar-refractivity contribution is 6.62. The lowest BCUT2D eigenvalue weighted by atomic mass is 9.80. The minimum Gasteiger partial charge on any atom is -0.399 e. The Balaban J connectivity index is 1.63. The van der Waals surface area contributed by atoms with Gasteiger partial charge in [0.25, 0.3) is 0 Å². The van der Waals surface area contributed by atoms with Crippen LogP contribution >= 0.6 is 0 Å². The van der Waals surface area contributed by atoms with Gasteiger partial charge >= 0.3 is 7.12 Å². The standard InChI is InChI=1S/C17H28BN3O3/c1-16(2)17(3,4)24-18(23-16)14-5-6-15(19-13-14)21-9-7-20(8-10-21)11-12-22/h5-6,13,22H,7-12H2,1-4H3. The van der Waals surface area contributed by atoms with Crippen LogP contribution in [0.15, 0.2) is 18.3 Å². The number of aliphatic hydroxyl groups excluding tert-OH is 1. The average molecular weight is 333 g/mol. The Morgan fingerprint density at radius 2 is 1.71 bits per heavy atom. The molecule has 0 aliphatic carbocycles. The Labute approximate surface area is 144 Å². The fourth-order valence-corrected chi connectivity index (χ4v) is 3.05. The van der Waals surface area contributed by atoms with Gasteiger partial charge in [-0.2, -0.15) is 0 Å². The van der Waals surface area contributed by atoms with Crippen molar-refractivity contribution in [2.45, 2.75) is 38.9 Å². The number of hydrogen-bond acceptors (Lipinski definition) is 6. The third-order valence-electron chi connectivity index (χ3n) is 5.41. The molecule has 3 rings (SSSR count). The second-order valence-corrected chi connectivity index (χ2v) is 7.59. The molecule has 0 bridgehead atoms. The molecule has 1 aromatic rings. The van der Waals surface area contributed by atoms with Crippen LogP contribution < -0.4 is 10.4 Å². The zero-order valence-corrected chi connectivity index (χ0v) is 15.2. The molecule has 0 unspecified atom stereocenters. The maximum Gasteiger partial charge on any atom is 0.496 e. The van der Waals surface area contributed by atoms with E-state index in [0.717, 1.165) is 44.0 Å². The third kappa shape index (κ3) is 3.44. The van der Waals surface area contributed by atoms with Crippen molar-refractivity contribution in [3.05, 3.63) is 18.3 Å². The van der Waals surface area contributed by atoms with E-state index >= 15 is 0 Å². The number of nitrogens with zero attached hydrogens (tertiary/aromatic N) is 3. The SMILES string of the molecule is CC1(C)OB(c2ccc(N3CCN(CCO)CC3)nc2)OC1(C)C. The van der Waals surface area contributed by atoms with Gasteiger partial charge < -0.3 is 19.3 Å². The summed E-state index contributed by atoms with van der Waals surface area (Å²) in [7, 11) is -0.363. The number of β-amino-alcohol motifs (C(OH)–C–C–N with tert-alkyl or cyclic N) is 1. The molecule has 2 aliphatic heterocycles. The van der Waals surface area contributed by atoms with Gasteiger partial charge in [-0.15, -0.1) is 0 Å². The number of aliphatic hydroxyl groups is 1. The lowest BCUT2D eigenvalue weighted by Gasteiger charge is -2.35. The lowest BCUT2D eigenvalue weighted by molar-refractivity contribution is 0.00578. The highest BCUT2D eigenvalue weighted by Gasteiger charge is 2.51. The van der Waals surface area contributed by atoms with E-state index in [0.29, 0.717) is 0 Å². The summed E-state index contributed by atoms with van der Waals surface area (Å²) in [4.78, 5) is 9.16. The van der Waals surface area contributed by atoms with Crippen LogP contribution in [0.5, 0.6) is 0 Å². The molecule has 6 nitrogen and oxygen atoms in total. The summed E-state index contributed by atoms with van der Waals surface area (Å²) in [6.07, 6.45) is 1.86. The maximum absolute atomic E-state index is 9.02. The van der Waals surface area contributed by atoms with Crippen LogP contribution in [0.3, 0.4) is 0 Å². The predicted octanol–water partition coefficient (Wildman–Crippen LogP) is 0.495. The highest BCUT2D eigenvalue weighted by Crippen LogP contribution is 2.36. The van der Waals surface area contributed by atoms with Crippen LogP contribution in [0.1, 0.15) is 27.7 Å². The Kier molecular flexibility index (Phi) is 4.88. The van der Waals surface area contributed by atoms with Crippen molar-refractivity contribution in [3.63, 3.8) is 0 Å². The van der Waals surface area contributed by atoms with Crippen molar-refractivity contribution in [2.24, 2.45) is 0 Å². The zero-order valence-electron chi connectivity index (χ0n) is 15.2. The fraction of sp³-hybridized carbons (Fsp3) is 0.706. The largest absolute Gasteiger partial charge is 0.496 e. The molecular weight excluding hydrogens is 305 g/mol. The topological polar surface area (TPSA) is 58.1 Å². The number of anilines is 1. The molecular formula is C17H28BN3O3. The van der Waals surface area contributed by atoms with Gasteiger partial charge in [-0.3, -0.25) is 4.90 Å². The molecule has 7 heteroatoms. The van der Waals surface area contributed by atoms with Crippen molar-refractivity contribution < 1.29 is 14.4 Å². The second kappa shape index (κ2) is 6.63. The first-order valence-electron chi connectivity index (χ1n) is 8.72. The Morgan fingerprint density at radius 1 is 1.08 bits per heavy atom. The van der Waals surface area contributed by atoms with Crippen LogP contribution in [-0.4, -0.2) is 72.6 Å². The predicted molar refractivity (Wildman–Crippen MR) is 95.7 cm³/mol. The van der Waals surface area contributed by atoms with Gasteiger partial charge in [0.2, 0.25) is 0 Å². The van der Waals surface area contributed by atoms with E-state index in [9.17, 15) is 0 Å². The summed E-state index contributed by atoms with van der Waals surface area (Å²) >= 11 is 0. The lowest BCUT2D eigenvalue weighted by Crippen LogP contribution is -2.47. The van der Waals surface area contributed by atoms with Gasteiger partial charge in [0.05, 0.1) is 17.8 Å². The van der Waals surface area contributed by atoms with E-state index < -0.39 is 0 Å². The van der Waals surface area contributed by atoms with Crippen LogP contribution in [0.2, 0.25) is 0 Å². The summed E-state index contributed by atoms with van der Waals surface area (Å²) in [5, 5.41) is 9.02. The van der Waals surface area contributed by atoms with Crippen LogP contribution in [0.4, 0.5) is 5.82 Å². The Bertz CT molecular complexity index is 541. The molecule has 0 radical (unpaired) electrons. The normalized spacial score (nSPS) is 23.7.